The van der Waals surface area contributed by atoms with Crippen molar-refractivity contribution in [3.05, 3.63) is 53.6 Å². The van der Waals surface area contributed by atoms with Gasteiger partial charge in [-0.3, -0.25) is 4.79 Å². The zero-order valence-electron chi connectivity index (χ0n) is 14.7. The Balaban J connectivity index is 2.41. The molecule has 6 heteroatoms. The molecular formula is C20H23ClO4S. The van der Waals surface area contributed by atoms with Crippen molar-refractivity contribution in [3.63, 3.8) is 0 Å². The van der Waals surface area contributed by atoms with Gasteiger partial charge in [0, 0.05) is 10.6 Å². The van der Waals surface area contributed by atoms with Crippen LogP contribution in [0.25, 0.3) is 11.1 Å². The van der Waals surface area contributed by atoms with E-state index in [1.54, 1.807) is 42.5 Å². The summed E-state index contributed by atoms with van der Waals surface area (Å²) in [5.41, 5.74) is 1.17. The molecule has 2 aromatic carbocycles. The van der Waals surface area contributed by atoms with Crippen molar-refractivity contribution in [3.8, 4) is 11.1 Å². The fourth-order valence-electron chi connectivity index (χ4n) is 2.90. The van der Waals surface area contributed by atoms with Gasteiger partial charge in [0.25, 0.3) is 0 Å². The fourth-order valence-corrected chi connectivity index (χ4v) is 4.84. The Morgan fingerprint density at radius 2 is 1.69 bits per heavy atom. The van der Waals surface area contributed by atoms with Crippen LogP contribution in [0.3, 0.4) is 0 Å². The minimum atomic E-state index is -4.01. The fraction of sp³-hybridized carbons (Fsp3) is 0.350. The Morgan fingerprint density at radius 3 is 2.31 bits per heavy atom. The van der Waals surface area contributed by atoms with Gasteiger partial charge in [-0.15, -0.1) is 0 Å². The first kappa shape index (κ1) is 20.5. The lowest BCUT2D eigenvalue weighted by Gasteiger charge is -2.16. The number of halogens is 1. The Hall–Kier alpha value is -1.85. The van der Waals surface area contributed by atoms with Crippen LogP contribution in [0.15, 0.2) is 53.4 Å². The maximum atomic E-state index is 13.1. The highest BCUT2D eigenvalue weighted by Crippen LogP contribution is 2.31. The third kappa shape index (κ3) is 4.86. The smallest absolute Gasteiger partial charge is 0.322 e. The standard InChI is InChI=1S/C20H23ClO4S/c1-2-3-4-5-10-19(20(22)23)26(24,25)18-9-7-6-8-17(18)15-11-13-16(21)14-12-15/h6-9,11-14,19H,2-5,10H2,1H3,(H,22,23). The lowest BCUT2D eigenvalue weighted by molar-refractivity contribution is -0.136. The number of carbonyl (C=O) groups is 1. The van der Waals surface area contributed by atoms with Crippen LogP contribution < -0.4 is 0 Å². The monoisotopic (exact) mass is 394 g/mol. The molecule has 0 saturated carbocycles. The molecule has 26 heavy (non-hydrogen) atoms. The molecule has 4 nitrogen and oxygen atoms in total. The van der Waals surface area contributed by atoms with Gasteiger partial charge in [0.1, 0.15) is 0 Å². The first-order chi connectivity index (χ1) is 12.4. The molecule has 0 radical (unpaired) electrons. The summed E-state index contributed by atoms with van der Waals surface area (Å²) in [5, 5.41) is 8.64. The van der Waals surface area contributed by atoms with E-state index in [0.717, 1.165) is 19.3 Å². The van der Waals surface area contributed by atoms with Gasteiger partial charge in [0.05, 0.1) is 4.90 Å². The van der Waals surface area contributed by atoms with Gasteiger partial charge < -0.3 is 5.11 Å². The summed E-state index contributed by atoms with van der Waals surface area (Å²) < 4.78 is 26.2. The molecule has 0 spiro atoms. The predicted molar refractivity (Wildman–Crippen MR) is 104 cm³/mol. The molecule has 0 amide bonds. The van der Waals surface area contributed by atoms with E-state index in [2.05, 4.69) is 0 Å². The number of rotatable bonds is 9. The van der Waals surface area contributed by atoms with E-state index in [0.29, 0.717) is 22.6 Å². The van der Waals surface area contributed by atoms with Crippen molar-refractivity contribution in [1.29, 1.82) is 0 Å². The number of carboxylic acids is 1. The van der Waals surface area contributed by atoms with Crippen molar-refractivity contribution in [2.45, 2.75) is 49.2 Å². The molecule has 1 N–H and O–H groups in total. The molecule has 2 rings (SSSR count). The van der Waals surface area contributed by atoms with Crippen LogP contribution in [0.4, 0.5) is 0 Å². The van der Waals surface area contributed by atoms with Gasteiger partial charge >= 0.3 is 5.97 Å². The molecule has 2 aromatic rings. The van der Waals surface area contributed by atoms with E-state index >= 15 is 0 Å². The molecule has 0 saturated heterocycles. The van der Waals surface area contributed by atoms with Crippen LogP contribution in [-0.2, 0) is 14.6 Å². The number of aliphatic carboxylic acids is 1. The van der Waals surface area contributed by atoms with Crippen molar-refractivity contribution < 1.29 is 18.3 Å². The summed E-state index contributed by atoms with van der Waals surface area (Å²) in [5.74, 6) is -1.30. The van der Waals surface area contributed by atoms with Crippen molar-refractivity contribution in [2.75, 3.05) is 0 Å². The van der Waals surface area contributed by atoms with Crippen LogP contribution in [0.2, 0.25) is 5.02 Å². The molecule has 0 bridgehead atoms. The maximum absolute atomic E-state index is 13.1. The van der Waals surface area contributed by atoms with Gasteiger partial charge in [-0.2, -0.15) is 0 Å². The first-order valence-corrected chi connectivity index (χ1v) is 10.6. The normalized spacial score (nSPS) is 12.7. The summed E-state index contributed by atoms with van der Waals surface area (Å²) in [6.07, 6.45) is 3.49. The number of hydrogen-bond donors (Lipinski definition) is 1. The lowest BCUT2D eigenvalue weighted by atomic mass is 10.1. The van der Waals surface area contributed by atoms with Crippen LogP contribution in [0.5, 0.6) is 0 Å². The minimum absolute atomic E-state index is 0.0465. The molecule has 0 heterocycles. The highest BCUT2D eigenvalue weighted by atomic mass is 35.5. The van der Waals surface area contributed by atoms with Gasteiger partial charge in [-0.25, -0.2) is 8.42 Å². The Labute approximate surface area is 159 Å². The van der Waals surface area contributed by atoms with E-state index in [-0.39, 0.29) is 11.3 Å². The molecule has 140 valence electrons. The number of hydrogen-bond acceptors (Lipinski definition) is 3. The lowest BCUT2D eigenvalue weighted by Crippen LogP contribution is -2.30. The van der Waals surface area contributed by atoms with E-state index in [1.807, 2.05) is 6.92 Å². The second-order valence-electron chi connectivity index (χ2n) is 6.22. The molecule has 0 aromatic heterocycles. The molecule has 0 aliphatic rings. The number of carboxylic acid groups (broad SMARTS) is 1. The molecule has 0 aliphatic heterocycles. The van der Waals surface area contributed by atoms with Crippen molar-refractivity contribution >= 4 is 27.4 Å². The van der Waals surface area contributed by atoms with Crippen molar-refractivity contribution in [1.82, 2.24) is 0 Å². The van der Waals surface area contributed by atoms with Gasteiger partial charge in [-0.05, 0) is 30.2 Å². The Kier molecular flexibility index (Phi) is 7.23. The first-order valence-electron chi connectivity index (χ1n) is 8.69. The minimum Gasteiger partial charge on any atom is -0.480 e. The largest absolute Gasteiger partial charge is 0.480 e. The van der Waals surface area contributed by atoms with Crippen LogP contribution in [0, 0.1) is 0 Å². The van der Waals surface area contributed by atoms with E-state index in [4.69, 9.17) is 11.6 Å². The molecular weight excluding hydrogens is 372 g/mol. The SMILES string of the molecule is CCCCCCC(C(=O)O)S(=O)(=O)c1ccccc1-c1ccc(Cl)cc1. The van der Waals surface area contributed by atoms with Crippen LogP contribution in [0.1, 0.15) is 39.0 Å². The van der Waals surface area contributed by atoms with Gasteiger partial charge in [0.15, 0.2) is 15.1 Å². The second-order valence-corrected chi connectivity index (χ2v) is 8.76. The summed E-state index contributed by atoms with van der Waals surface area (Å²) in [6, 6.07) is 13.3. The third-order valence-corrected chi connectivity index (χ3v) is 6.73. The summed E-state index contributed by atoms with van der Waals surface area (Å²) >= 11 is 5.91. The van der Waals surface area contributed by atoms with Gasteiger partial charge in [0.2, 0.25) is 0 Å². The quantitative estimate of drug-likeness (QED) is 0.593. The van der Waals surface area contributed by atoms with Crippen LogP contribution in [-0.4, -0.2) is 24.7 Å². The summed E-state index contributed by atoms with van der Waals surface area (Å²) in [6.45, 7) is 2.05. The summed E-state index contributed by atoms with van der Waals surface area (Å²) in [7, 11) is -4.01. The van der Waals surface area contributed by atoms with E-state index in [9.17, 15) is 18.3 Å². The van der Waals surface area contributed by atoms with E-state index < -0.39 is 21.1 Å². The number of sulfone groups is 1. The zero-order valence-corrected chi connectivity index (χ0v) is 16.3. The molecule has 1 atom stereocenters. The zero-order chi connectivity index (χ0) is 19.2. The average molecular weight is 395 g/mol. The maximum Gasteiger partial charge on any atom is 0.322 e. The average Bonchev–Trinajstić information content (AvgIpc) is 2.62. The Bertz CT molecular complexity index is 844. The van der Waals surface area contributed by atoms with E-state index in [1.165, 1.54) is 6.07 Å². The number of benzene rings is 2. The van der Waals surface area contributed by atoms with Gasteiger partial charge in [-0.1, -0.05) is 74.5 Å². The second kappa shape index (κ2) is 9.19. The Morgan fingerprint density at radius 1 is 1.04 bits per heavy atom. The predicted octanol–water partition coefficient (Wildman–Crippen LogP) is 5.20. The summed E-state index contributed by atoms with van der Waals surface area (Å²) in [4.78, 5) is 11.7. The topological polar surface area (TPSA) is 71.4 Å². The highest BCUT2D eigenvalue weighted by Gasteiger charge is 2.35. The number of unbranched alkanes of at least 4 members (excludes halogenated alkanes) is 3. The molecule has 0 aliphatic carbocycles. The third-order valence-electron chi connectivity index (χ3n) is 4.32. The molecule has 1 unspecified atom stereocenters. The highest BCUT2D eigenvalue weighted by molar-refractivity contribution is 7.93. The van der Waals surface area contributed by atoms with Crippen LogP contribution >= 0.6 is 11.6 Å². The van der Waals surface area contributed by atoms with Crippen molar-refractivity contribution in [2.24, 2.45) is 0 Å². The molecule has 0 fully saturated rings.